The predicted octanol–water partition coefficient (Wildman–Crippen LogP) is 2.75. The zero-order chi connectivity index (χ0) is 20.6. The van der Waals surface area contributed by atoms with E-state index in [9.17, 15) is 13.2 Å². The fraction of sp³-hybridized carbons (Fsp3) is 0.350. The number of rotatable bonds is 10. The second-order valence-corrected chi connectivity index (χ2v) is 9.52. The van der Waals surface area contributed by atoms with Crippen LogP contribution >= 0.6 is 11.8 Å². The Labute approximate surface area is 171 Å². The number of ether oxygens (including phenoxy) is 1. The monoisotopic (exact) mass is 422 g/mol. The van der Waals surface area contributed by atoms with Crippen LogP contribution < -0.4 is 5.32 Å². The molecule has 8 heteroatoms. The molecular formula is C20H26N2O4S2. The van der Waals surface area contributed by atoms with E-state index < -0.39 is 10.0 Å². The van der Waals surface area contributed by atoms with Crippen LogP contribution in [0.15, 0.2) is 64.4 Å². The Balaban J connectivity index is 1.94. The van der Waals surface area contributed by atoms with Crippen LogP contribution in [0.25, 0.3) is 0 Å². The minimum absolute atomic E-state index is 0.0502. The smallest absolute Gasteiger partial charge is 0.243 e. The van der Waals surface area contributed by atoms with Crippen molar-refractivity contribution in [1.29, 1.82) is 0 Å². The largest absolute Gasteiger partial charge is 0.383 e. The number of carbonyl (C=O) groups excluding carboxylic acids is 1. The van der Waals surface area contributed by atoms with E-state index in [1.54, 1.807) is 38.4 Å². The number of nitrogens with zero attached hydrogens (tertiary/aromatic N) is 1. The summed E-state index contributed by atoms with van der Waals surface area (Å²) in [4.78, 5) is 13.0. The number of hydrogen-bond donors (Lipinski definition) is 1. The molecule has 1 amide bonds. The van der Waals surface area contributed by atoms with Gasteiger partial charge in [0.05, 0.1) is 17.3 Å². The maximum absolute atomic E-state index is 12.7. The fourth-order valence-electron chi connectivity index (χ4n) is 2.57. The Kier molecular flexibility index (Phi) is 8.50. The highest BCUT2D eigenvalue weighted by molar-refractivity contribution is 8.00. The van der Waals surface area contributed by atoms with E-state index in [0.29, 0.717) is 13.2 Å². The van der Waals surface area contributed by atoms with Gasteiger partial charge >= 0.3 is 0 Å². The molecule has 0 radical (unpaired) electrons. The van der Waals surface area contributed by atoms with Crippen LogP contribution in [0.1, 0.15) is 12.5 Å². The molecule has 6 nitrogen and oxygen atoms in total. The van der Waals surface area contributed by atoms with Crippen LogP contribution in [0.3, 0.4) is 0 Å². The van der Waals surface area contributed by atoms with E-state index >= 15 is 0 Å². The van der Waals surface area contributed by atoms with E-state index in [2.05, 4.69) is 5.32 Å². The molecular weight excluding hydrogens is 396 g/mol. The molecule has 0 aliphatic heterocycles. The first-order valence-electron chi connectivity index (χ1n) is 8.84. The zero-order valence-electron chi connectivity index (χ0n) is 16.3. The highest BCUT2D eigenvalue weighted by atomic mass is 32.2. The minimum atomic E-state index is -3.58. The molecule has 0 aliphatic carbocycles. The summed E-state index contributed by atoms with van der Waals surface area (Å²) in [6.07, 6.45) is 0. The quantitative estimate of drug-likeness (QED) is 0.596. The second-order valence-electron chi connectivity index (χ2n) is 6.43. The molecule has 0 heterocycles. The summed E-state index contributed by atoms with van der Waals surface area (Å²) >= 11 is 1.36. The third-order valence-electron chi connectivity index (χ3n) is 3.97. The first kappa shape index (κ1) is 22.4. The normalized spacial score (nSPS) is 12.7. The van der Waals surface area contributed by atoms with Crippen molar-refractivity contribution in [2.45, 2.75) is 29.3 Å². The summed E-state index contributed by atoms with van der Waals surface area (Å²) in [6.45, 7) is 2.64. The summed E-state index contributed by atoms with van der Waals surface area (Å²) in [6, 6.07) is 16.0. The fourth-order valence-corrected chi connectivity index (χ4v) is 4.44. The van der Waals surface area contributed by atoms with Gasteiger partial charge in [-0.05, 0) is 36.8 Å². The number of nitrogens with one attached hydrogen (secondary N) is 1. The molecule has 2 aromatic rings. The van der Waals surface area contributed by atoms with E-state index in [0.717, 1.165) is 10.5 Å². The lowest BCUT2D eigenvalue weighted by Crippen LogP contribution is -2.36. The van der Waals surface area contributed by atoms with Crippen LogP contribution in [-0.2, 0) is 26.1 Å². The molecule has 0 aromatic heterocycles. The van der Waals surface area contributed by atoms with Crippen molar-refractivity contribution in [2.75, 3.05) is 26.5 Å². The third-order valence-corrected chi connectivity index (χ3v) is 6.80. The molecule has 1 unspecified atom stereocenters. The second kappa shape index (κ2) is 10.6. The molecule has 152 valence electrons. The Bertz CT molecular complexity index is 856. The van der Waals surface area contributed by atoms with Gasteiger partial charge in [0.1, 0.15) is 0 Å². The molecule has 0 bridgehead atoms. The summed E-state index contributed by atoms with van der Waals surface area (Å²) in [5.41, 5.74) is 0.925. The Morgan fingerprint density at radius 2 is 1.79 bits per heavy atom. The van der Waals surface area contributed by atoms with E-state index in [4.69, 9.17) is 4.74 Å². The average Bonchev–Trinajstić information content (AvgIpc) is 2.67. The van der Waals surface area contributed by atoms with Gasteiger partial charge in [-0.15, -0.1) is 11.8 Å². The average molecular weight is 423 g/mol. The van der Waals surface area contributed by atoms with Crippen molar-refractivity contribution in [3.8, 4) is 0 Å². The summed E-state index contributed by atoms with van der Waals surface area (Å²) in [7, 11) is -0.423. The molecule has 28 heavy (non-hydrogen) atoms. The van der Waals surface area contributed by atoms with Gasteiger partial charge in [-0.3, -0.25) is 4.79 Å². The SMILES string of the molecule is COCC(C)NC(=O)CSc1ccc(S(=O)(=O)N(C)Cc2ccccc2)cc1. The number of carbonyl (C=O) groups is 1. The molecule has 0 aliphatic rings. The predicted molar refractivity (Wildman–Crippen MR) is 112 cm³/mol. The van der Waals surface area contributed by atoms with Gasteiger partial charge in [0.15, 0.2) is 0 Å². The first-order chi connectivity index (χ1) is 13.3. The molecule has 1 atom stereocenters. The van der Waals surface area contributed by atoms with Gasteiger partial charge in [0.2, 0.25) is 15.9 Å². The van der Waals surface area contributed by atoms with Crippen molar-refractivity contribution in [3.05, 3.63) is 60.2 Å². The van der Waals surface area contributed by atoms with Gasteiger partial charge in [-0.25, -0.2) is 8.42 Å². The Hall–Kier alpha value is -1.87. The number of methoxy groups -OCH3 is 1. The van der Waals surface area contributed by atoms with E-state index in [-0.39, 0.29) is 22.6 Å². The highest BCUT2D eigenvalue weighted by Gasteiger charge is 2.20. The molecule has 2 aromatic carbocycles. The van der Waals surface area contributed by atoms with Crippen molar-refractivity contribution in [3.63, 3.8) is 0 Å². The molecule has 2 rings (SSSR count). The van der Waals surface area contributed by atoms with Gasteiger partial charge in [0, 0.05) is 31.6 Å². The Morgan fingerprint density at radius 3 is 2.39 bits per heavy atom. The lowest BCUT2D eigenvalue weighted by Gasteiger charge is -2.17. The topological polar surface area (TPSA) is 75.7 Å². The molecule has 0 fully saturated rings. The number of thioether (sulfide) groups is 1. The minimum Gasteiger partial charge on any atom is -0.383 e. The first-order valence-corrected chi connectivity index (χ1v) is 11.3. The van der Waals surface area contributed by atoms with Crippen molar-refractivity contribution < 1.29 is 17.9 Å². The number of sulfonamides is 1. The van der Waals surface area contributed by atoms with Crippen LogP contribution in [0, 0.1) is 0 Å². The maximum atomic E-state index is 12.7. The summed E-state index contributed by atoms with van der Waals surface area (Å²) < 4.78 is 31.8. The zero-order valence-corrected chi connectivity index (χ0v) is 17.9. The van der Waals surface area contributed by atoms with Crippen molar-refractivity contribution >= 4 is 27.7 Å². The molecule has 0 saturated heterocycles. The lowest BCUT2D eigenvalue weighted by atomic mass is 10.2. The van der Waals surface area contributed by atoms with Crippen LogP contribution in [-0.4, -0.2) is 51.2 Å². The van der Waals surface area contributed by atoms with Gasteiger partial charge < -0.3 is 10.1 Å². The molecule has 1 N–H and O–H groups in total. The maximum Gasteiger partial charge on any atom is 0.243 e. The lowest BCUT2D eigenvalue weighted by molar-refractivity contribution is -0.119. The number of benzene rings is 2. The van der Waals surface area contributed by atoms with E-state index in [1.807, 2.05) is 37.3 Å². The summed E-state index contributed by atoms with van der Waals surface area (Å²) in [5, 5.41) is 2.84. The van der Waals surface area contributed by atoms with Crippen molar-refractivity contribution in [2.24, 2.45) is 0 Å². The standard InChI is InChI=1S/C20H26N2O4S2/c1-16(14-26-3)21-20(23)15-27-18-9-11-19(12-10-18)28(24,25)22(2)13-17-7-5-4-6-8-17/h4-12,16H,13-15H2,1-3H3,(H,21,23). The van der Waals surface area contributed by atoms with Gasteiger partial charge in [-0.2, -0.15) is 4.31 Å². The van der Waals surface area contributed by atoms with Crippen LogP contribution in [0.2, 0.25) is 0 Å². The Morgan fingerprint density at radius 1 is 1.14 bits per heavy atom. The molecule has 0 saturated carbocycles. The van der Waals surface area contributed by atoms with Gasteiger partial charge in [-0.1, -0.05) is 30.3 Å². The highest BCUT2D eigenvalue weighted by Crippen LogP contribution is 2.22. The number of amides is 1. The third kappa shape index (κ3) is 6.63. The van der Waals surface area contributed by atoms with Gasteiger partial charge in [0.25, 0.3) is 0 Å². The van der Waals surface area contributed by atoms with E-state index in [1.165, 1.54) is 16.1 Å². The summed E-state index contributed by atoms with van der Waals surface area (Å²) in [5.74, 6) is 0.169. The van der Waals surface area contributed by atoms with Crippen LogP contribution in [0.5, 0.6) is 0 Å². The van der Waals surface area contributed by atoms with Crippen LogP contribution in [0.4, 0.5) is 0 Å². The molecule has 0 spiro atoms. The van der Waals surface area contributed by atoms with Crippen molar-refractivity contribution in [1.82, 2.24) is 9.62 Å². The number of hydrogen-bond acceptors (Lipinski definition) is 5.